The number of thioether (sulfide) groups is 1. The van der Waals surface area contributed by atoms with E-state index in [1.165, 1.54) is 22.4 Å². The quantitative estimate of drug-likeness (QED) is 0.665. The van der Waals surface area contributed by atoms with Crippen LogP contribution in [0.2, 0.25) is 10.0 Å². The largest absolute Gasteiger partial charge is 0.344 e. The number of benzene rings is 1. The van der Waals surface area contributed by atoms with E-state index in [1.807, 2.05) is 13.8 Å². The molecule has 1 aromatic carbocycles. The van der Waals surface area contributed by atoms with Gasteiger partial charge < -0.3 is 0 Å². The minimum absolute atomic E-state index is 0.0343. The Balaban J connectivity index is 2.13. The number of hydrogen-bond acceptors (Lipinski definition) is 4. The summed E-state index contributed by atoms with van der Waals surface area (Å²) in [5.74, 6) is -0.00864. The maximum Gasteiger partial charge on any atom is 0.344 e. The molecule has 0 aliphatic rings. The maximum absolute atomic E-state index is 12.2. The summed E-state index contributed by atoms with van der Waals surface area (Å²) in [4.78, 5) is 23.8. The molecule has 0 aliphatic carbocycles. The minimum atomic E-state index is -0.288. The summed E-state index contributed by atoms with van der Waals surface area (Å²) < 4.78 is 1.50. The summed E-state index contributed by atoms with van der Waals surface area (Å²) in [6.45, 7) is 3.75. The smallest absolute Gasteiger partial charge is 0.293 e. The van der Waals surface area contributed by atoms with Gasteiger partial charge >= 0.3 is 5.69 Å². The molecule has 21 heavy (non-hydrogen) atoms. The molecule has 2 aromatic rings. The molecule has 5 nitrogen and oxygen atoms in total. The molecular weight excluding hydrogens is 333 g/mol. The van der Waals surface area contributed by atoms with Crippen molar-refractivity contribution in [2.75, 3.05) is 5.75 Å². The first kappa shape index (κ1) is 16.1. The Hall–Kier alpha value is -1.24. The Kier molecular flexibility index (Phi) is 5.13. The Morgan fingerprint density at radius 3 is 2.76 bits per heavy atom. The van der Waals surface area contributed by atoms with Crippen LogP contribution < -0.4 is 5.69 Å². The van der Waals surface area contributed by atoms with Gasteiger partial charge in [-0.25, -0.2) is 9.89 Å². The van der Waals surface area contributed by atoms with Crippen LogP contribution in [0.1, 0.15) is 30.2 Å². The van der Waals surface area contributed by atoms with Gasteiger partial charge in [-0.15, -0.1) is 5.10 Å². The third-order valence-electron chi connectivity index (χ3n) is 2.75. The topological polar surface area (TPSA) is 67.8 Å². The molecule has 0 fully saturated rings. The summed E-state index contributed by atoms with van der Waals surface area (Å²) in [7, 11) is 0. The van der Waals surface area contributed by atoms with Crippen LogP contribution in [0.25, 0.3) is 0 Å². The molecule has 0 unspecified atom stereocenters. The van der Waals surface area contributed by atoms with Crippen molar-refractivity contribution in [2.24, 2.45) is 0 Å². The fourth-order valence-corrected chi connectivity index (χ4v) is 3.24. The van der Waals surface area contributed by atoms with Gasteiger partial charge in [-0.2, -0.15) is 0 Å². The van der Waals surface area contributed by atoms with Gasteiger partial charge in [0.1, 0.15) is 0 Å². The summed E-state index contributed by atoms with van der Waals surface area (Å²) >= 11 is 13.0. The summed E-state index contributed by atoms with van der Waals surface area (Å²) in [6.07, 6.45) is 0. The van der Waals surface area contributed by atoms with Gasteiger partial charge in [0.05, 0.1) is 10.8 Å². The van der Waals surface area contributed by atoms with Crippen molar-refractivity contribution in [3.8, 4) is 0 Å². The monoisotopic (exact) mass is 345 g/mol. The van der Waals surface area contributed by atoms with Crippen molar-refractivity contribution < 1.29 is 4.79 Å². The Morgan fingerprint density at radius 1 is 1.43 bits per heavy atom. The molecule has 0 atom stereocenters. The summed E-state index contributed by atoms with van der Waals surface area (Å²) in [5, 5.41) is 7.58. The lowest BCUT2D eigenvalue weighted by Crippen LogP contribution is -2.19. The normalized spacial score (nSPS) is 11.1. The van der Waals surface area contributed by atoms with E-state index in [1.54, 1.807) is 12.1 Å². The SMILES string of the molecule is CC(C)n1c(SCC(=O)c2ccc(Cl)cc2Cl)n[nH]c1=O. The molecule has 2 rings (SSSR count). The second kappa shape index (κ2) is 6.68. The number of halogens is 2. The Bertz CT molecular complexity index is 724. The van der Waals surface area contributed by atoms with Gasteiger partial charge in [0.25, 0.3) is 0 Å². The van der Waals surface area contributed by atoms with Gasteiger partial charge in [0.15, 0.2) is 10.9 Å². The van der Waals surface area contributed by atoms with Crippen LogP contribution in [0.5, 0.6) is 0 Å². The van der Waals surface area contributed by atoms with Crippen LogP contribution in [-0.4, -0.2) is 26.3 Å². The average Bonchev–Trinajstić information content (AvgIpc) is 2.77. The average molecular weight is 346 g/mol. The first-order valence-electron chi connectivity index (χ1n) is 6.18. The third-order valence-corrected chi connectivity index (χ3v) is 4.25. The van der Waals surface area contributed by atoms with Crippen molar-refractivity contribution in [3.05, 3.63) is 44.3 Å². The molecule has 112 valence electrons. The molecule has 0 saturated heterocycles. The van der Waals surface area contributed by atoms with Crippen LogP contribution >= 0.6 is 35.0 Å². The zero-order valence-electron chi connectivity index (χ0n) is 11.4. The standard InChI is InChI=1S/C13H13Cl2N3O2S/c1-7(2)18-12(20)16-17-13(18)21-6-11(19)9-4-3-8(14)5-10(9)15/h3-5,7H,6H2,1-2H3,(H,16,20). The number of carbonyl (C=O) groups is 1. The van der Waals surface area contributed by atoms with E-state index in [-0.39, 0.29) is 23.3 Å². The van der Waals surface area contributed by atoms with Crippen LogP contribution in [0.3, 0.4) is 0 Å². The van der Waals surface area contributed by atoms with E-state index in [2.05, 4.69) is 10.2 Å². The Morgan fingerprint density at radius 2 is 2.14 bits per heavy atom. The highest BCUT2D eigenvalue weighted by molar-refractivity contribution is 7.99. The number of aromatic nitrogens is 3. The molecule has 0 spiro atoms. The highest BCUT2D eigenvalue weighted by Gasteiger charge is 2.16. The fourth-order valence-electron chi connectivity index (χ4n) is 1.77. The fraction of sp³-hybridized carbons (Fsp3) is 0.308. The number of carbonyl (C=O) groups excluding carboxylic acids is 1. The predicted molar refractivity (Wildman–Crippen MR) is 84.7 cm³/mol. The molecule has 1 aromatic heterocycles. The lowest BCUT2D eigenvalue weighted by Gasteiger charge is -2.08. The lowest BCUT2D eigenvalue weighted by atomic mass is 10.1. The van der Waals surface area contributed by atoms with Gasteiger partial charge in [-0.1, -0.05) is 35.0 Å². The van der Waals surface area contributed by atoms with E-state index in [9.17, 15) is 9.59 Å². The number of H-pyrrole nitrogens is 1. The van der Waals surface area contributed by atoms with Crippen molar-refractivity contribution in [1.29, 1.82) is 0 Å². The number of Topliss-reactive ketones (excluding diaryl/α,β-unsaturated/α-hetero) is 1. The van der Waals surface area contributed by atoms with Crippen molar-refractivity contribution >= 4 is 40.7 Å². The summed E-state index contributed by atoms with van der Waals surface area (Å²) in [5.41, 5.74) is 0.118. The van der Waals surface area contributed by atoms with Crippen molar-refractivity contribution in [3.63, 3.8) is 0 Å². The molecule has 1 N–H and O–H groups in total. The lowest BCUT2D eigenvalue weighted by molar-refractivity contribution is 0.102. The van der Waals surface area contributed by atoms with Crippen LogP contribution in [0.15, 0.2) is 28.2 Å². The van der Waals surface area contributed by atoms with Crippen LogP contribution in [0, 0.1) is 0 Å². The molecule has 0 bridgehead atoms. The predicted octanol–water partition coefficient (Wildman–Crippen LogP) is 3.43. The van der Waals surface area contributed by atoms with E-state index in [4.69, 9.17) is 23.2 Å². The van der Waals surface area contributed by atoms with Crippen molar-refractivity contribution in [2.45, 2.75) is 25.0 Å². The number of nitrogens with one attached hydrogen (secondary N) is 1. The van der Waals surface area contributed by atoms with Gasteiger partial charge in [-0.05, 0) is 32.0 Å². The Labute approximate surface area is 135 Å². The molecule has 8 heteroatoms. The van der Waals surface area contributed by atoms with Crippen molar-refractivity contribution in [1.82, 2.24) is 14.8 Å². The number of aromatic amines is 1. The number of ketones is 1. The molecule has 0 radical (unpaired) electrons. The van der Waals surface area contributed by atoms with E-state index >= 15 is 0 Å². The summed E-state index contributed by atoms with van der Waals surface area (Å²) in [6, 6.07) is 4.70. The molecular formula is C13H13Cl2N3O2S. The molecule has 0 amide bonds. The van der Waals surface area contributed by atoms with Gasteiger partial charge in [0.2, 0.25) is 0 Å². The first-order valence-corrected chi connectivity index (χ1v) is 7.92. The van der Waals surface area contributed by atoms with Crippen LogP contribution in [0.4, 0.5) is 0 Å². The molecule has 1 heterocycles. The highest BCUT2D eigenvalue weighted by Crippen LogP contribution is 2.24. The van der Waals surface area contributed by atoms with Gasteiger partial charge in [0, 0.05) is 16.6 Å². The van der Waals surface area contributed by atoms with E-state index < -0.39 is 0 Å². The zero-order valence-corrected chi connectivity index (χ0v) is 13.7. The number of nitrogens with zero attached hydrogens (tertiary/aromatic N) is 2. The number of hydrogen-bond donors (Lipinski definition) is 1. The molecule has 0 saturated carbocycles. The first-order chi connectivity index (χ1) is 9.90. The minimum Gasteiger partial charge on any atom is -0.293 e. The molecule has 0 aliphatic heterocycles. The van der Waals surface area contributed by atoms with E-state index in [0.717, 1.165) is 0 Å². The van der Waals surface area contributed by atoms with E-state index in [0.29, 0.717) is 20.8 Å². The second-order valence-corrected chi connectivity index (χ2v) is 6.40. The van der Waals surface area contributed by atoms with Crippen LogP contribution in [-0.2, 0) is 0 Å². The number of rotatable bonds is 5. The highest BCUT2D eigenvalue weighted by atomic mass is 35.5. The third kappa shape index (κ3) is 3.70. The zero-order chi connectivity index (χ0) is 15.6. The second-order valence-electron chi connectivity index (χ2n) is 4.61. The maximum atomic E-state index is 12.2. The van der Waals surface area contributed by atoms with Gasteiger partial charge in [-0.3, -0.25) is 9.36 Å².